The number of ether oxygens (including phenoxy) is 2. The van der Waals surface area contributed by atoms with Gasteiger partial charge in [-0.1, -0.05) is 18.2 Å². The van der Waals surface area contributed by atoms with Crippen LogP contribution in [-0.2, 0) is 16.0 Å². The third-order valence-corrected chi connectivity index (χ3v) is 5.41. The first-order valence-corrected chi connectivity index (χ1v) is 10.0. The summed E-state index contributed by atoms with van der Waals surface area (Å²) in [5.41, 5.74) is 0.924. The number of anilines is 2. The second-order valence-electron chi connectivity index (χ2n) is 7.17. The SMILES string of the molecule is COc1ccccc1CC(=O)N1CCN(c2ccnc(N3CCOCC3)n2)CC1. The topological polar surface area (TPSA) is 71.0 Å². The average Bonchev–Trinajstić information content (AvgIpc) is 2.80. The van der Waals surface area contributed by atoms with Gasteiger partial charge >= 0.3 is 0 Å². The number of nitrogens with zero attached hydrogens (tertiary/aromatic N) is 5. The van der Waals surface area contributed by atoms with Crippen molar-refractivity contribution < 1.29 is 14.3 Å². The van der Waals surface area contributed by atoms with Gasteiger partial charge in [-0.15, -0.1) is 0 Å². The van der Waals surface area contributed by atoms with Crippen LogP contribution in [0.4, 0.5) is 11.8 Å². The van der Waals surface area contributed by atoms with E-state index < -0.39 is 0 Å². The summed E-state index contributed by atoms with van der Waals surface area (Å²) in [6.07, 6.45) is 2.17. The van der Waals surface area contributed by atoms with Gasteiger partial charge in [0.25, 0.3) is 0 Å². The lowest BCUT2D eigenvalue weighted by Gasteiger charge is -2.36. The third kappa shape index (κ3) is 4.59. The molecule has 2 aromatic rings. The molecular weight excluding hydrogens is 370 g/mol. The molecule has 2 aliphatic heterocycles. The van der Waals surface area contributed by atoms with Crippen LogP contribution in [-0.4, -0.2) is 80.4 Å². The summed E-state index contributed by atoms with van der Waals surface area (Å²) in [4.78, 5) is 28.2. The van der Waals surface area contributed by atoms with Crippen molar-refractivity contribution in [1.82, 2.24) is 14.9 Å². The van der Waals surface area contributed by atoms with E-state index in [1.807, 2.05) is 41.4 Å². The Morgan fingerprint density at radius 3 is 2.55 bits per heavy atom. The van der Waals surface area contributed by atoms with Crippen molar-refractivity contribution in [3.8, 4) is 5.75 Å². The Balaban J connectivity index is 1.35. The largest absolute Gasteiger partial charge is 0.496 e. The maximum absolute atomic E-state index is 12.7. The summed E-state index contributed by atoms with van der Waals surface area (Å²) < 4.78 is 10.8. The molecule has 0 saturated carbocycles. The van der Waals surface area contributed by atoms with Crippen LogP contribution in [0.1, 0.15) is 5.56 Å². The van der Waals surface area contributed by atoms with Crippen molar-refractivity contribution in [3.63, 3.8) is 0 Å². The molecule has 1 aromatic heterocycles. The van der Waals surface area contributed by atoms with Gasteiger partial charge in [0.2, 0.25) is 11.9 Å². The molecule has 1 aromatic carbocycles. The van der Waals surface area contributed by atoms with Gasteiger partial charge in [-0.2, -0.15) is 4.98 Å². The standard InChI is InChI=1S/C21H27N5O3/c1-28-18-5-3-2-4-17(18)16-20(27)25-10-8-24(9-11-25)19-6-7-22-21(23-19)26-12-14-29-15-13-26/h2-7H,8-16H2,1H3. The third-order valence-electron chi connectivity index (χ3n) is 5.41. The van der Waals surface area contributed by atoms with Gasteiger partial charge in [-0.05, 0) is 12.1 Å². The van der Waals surface area contributed by atoms with Crippen molar-refractivity contribution in [3.05, 3.63) is 42.1 Å². The Morgan fingerprint density at radius 1 is 1.03 bits per heavy atom. The van der Waals surface area contributed by atoms with Crippen molar-refractivity contribution in [2.45, 2.75) is 6.42 Å². The maximum atomic E-state index is 12.7. The first-order chi connectivity index (χ1) is 14.2. The van der Waals surface area contributed by atoms with E-state index in [9.17, 15) is 4.79 Å². The number of carbonyl (C=O) groups is 1. The van der Waals surface area contributed by atoms with E-state index in [1.54, 1.807) is 7.11 Å². The van der Waals surface area contributed by atoms with Crippen LogP contribution in [0.2, 0.25) is 0 Å². The highest BCUT2D eigenvalue weighted by Crippen LogP contribution is 2.20. The number of hydrogen-bond donors (Lipinski definition) is 0. The average molecular weight is 397 g/mol. The Kier molecular flexibility index (Phi) is 6.09. The maximum Gasteiger partial charge on any atom is 0.227 e. The van der Waals surface area contributed by atoms with Crippen molar-refractivity contribution in [2.75, 3.05) is 69.4 Å². The van der Waals surface area contributed by atoms with Gasteiger partial charge in [0.1, 0.15) is 11.6 Å². The zero-order valence-corrected chi connectivity index (χ0v) is 16.8. The molecule has 0 spiro atoms. The molecule has 2 saturated heterocycles. The smallest absolute Gasteiger partial charge is 0.227 e. The van der Waals surface area contributed by atoms with Gasteiger partial charge in [0.15, 0.2) is 0 Å². The Hall–Kier alpha value is -2.87. The number of morpholine rings is 1. The fraction of sp³-hybridized carbons (Fsp3) is 0.476. The number of methoxy groups -OCH3 is 1. The molecule has 0 atom stereocenters. The lowest BCUT2D eigenvalue weighted by molar-refractivity contribution is -0.130. The molecule has 0 N–H and O–H groups in total. The van der Waals surface area contributed by atoms with Crippen LogP contribution in [0.25, 0.3) is 0 Å². The van der Waals surface area contributed by atoms with Crippen LogP contribution in [0.5, 0.6) is 5.75 Å². The number of para-hydroxylation sites is 1. The molecule has 0 bridgehead atoms. The van der Waals surface area contributed by atoms with E-state index in [4.69, 9.17) is 14.5 Å². The summed E-state index contributed by atoms with van der Waals surface area (Å²) in [7, 11) is 1.63. The molecule has 3 heterocycles. The molecule has 8 heteroatoms. The highest BCUT2D eigenvalue weighted by molar-refractivity contribution is 5.79. The first kappa shape index (κ1) is 19.4. The minimum absolute atomic E-state index is 0.130. The number of aromatic nitrogens is 2. The second-order valence-corrected chi connectivity index (χ2v) is 7.17. The summed E-state index contributed by atoms with van der Waals surface area (Å²) in [5, 5.41) is 0. The number of benzene rings is 1. The first-order valence-electron chi connectivity index (χ1n) is 10.0. The molecule has 29 heavy (non-hydrogen) atoms. The predicted molar refractivity (Wildman–Crippen MR) is 111 cm³/mol. The fourth-order valence-corrected chi connectivity index (χ4v) is 3.74. The normalized spacial score (nSPS) is 17.3. The minimum Gasteiger partial charge on any atom is -0.496 e. The van der Waals surface area contributed by atoms with Crippen molar-refractivity contribution in [2.24, 2.45) is 0 Å². The Labute approximate surface area is 171 Å². The second kappa shape index (κ2) is 9.09. The van der Waals surface area contributed by atoms with Gasteiger partial charge in [0.05, 0.1) is 26.7 Å². The highest BCUT2D eigenvalue weighted by atomic mass is 16.5. The molecule has 2 aliphatic rings. The summed E-state index contributed by atoms with van der Waals surface area (Å²) in [6, 6.07) is 9.63. The van der Waals surface area contributed by atoms with Gasteiger partial charge in [-0.3, -0.25) is 4.79 Å². The minimum atomic E-state index is 0.130. The Morgan fingerprint density at radius 2 is 1.79 bits per heavy atom. The summed E-state index contributed by atoms with van der Waals surface area (Å²) in [5.74, 6) is 2.56. The number of carbonyl (C=O) groups excluding carboxylic acids is 1. The predicted octanol–water partition coefficient (Wildman–Crippen LogP) is 1.21. The fourth-order valence-electron chi connectivity index (χ4n) is 3.74. The van der Waals surface area contributed by atoms with Crippen LogP contribution in [0.3, 0.4) is 0 Å². The summed E-state index contributed by atoms with van der Waals surface area (Å²) >= 11 is 0. The number of rotatable bonds is 5. The van der Waals surface area contributed by atoms with E-state index in [1.165, 1.54) is 0 Å². The van der Waals surface area contributed by atoms with Crippen LogP contribution in [0.15, 0.2) is 36.5 Å². The van der Waals surface area contributed by atoms with E-state index in [0.717, 1.165) is 49.3 Å². The number of piperazine rings is 1. The number of amides is 1. The van der Waals surface area contributed by atoms with Gasteiger partial charge < -0.3 is 24.2 Å². The molecular formula is C21H27N5O3. The van der Waals surface area contributed by atoms with Crippen LogP contribution >= 0.6 is 0 Å². The molecule has 2 fully saturated rings. The van der Waals surface area contributed by atoms with Crippen molar-refractivity contribution in [1.29, 1.82) is 0 Å². The molecule has 1 amide bonds. The Bertz CT molecular complexity index is 833. The lowest BCUT2D eigenvalue weighted by Crippen LogP contribution is -2.49. The summed E-state index contributed by atoms with van der Waals surface area (Å²) in [6.45, 7) is 5.94. The van der Waals surface area contributed by atoms with Crippen LogP contribution in [0, 0.1) is 0 Å². The highest BCUT2D eigenvalue weighted by Gasteiger charge is 2.23. The quantitative estimate of drug-likeness (QED) is 0.751. The monoisotopic (exact) mass is 397 g/mol. The van der Waals surface area contributed by atoms with Crippen molar-refractivity contribution >= 4 is 17.7 Å². The molecule has 8 nitrogen and oxygen atoms in total. The zero-order valence-electron chi connectivity index (χ0n) is 16.8. The molecule has 4 rings (SSSR count). The molecule has 0 aliphatic carbocycles. The van der Waals surface area contributed by atoms with Gasteiger partial charge in [0, 0.05) is 51.0 Å². The molecule has 0 unspecified atom stereocenters. The van der Waals surface area contributed by atoms with E-state index in [0.29, 0.717) is 32.7 Å². The molecule has 154 valence electrons. The van der Waals surface area contributed by atoms with E-state index >= 15 is 0 Å². The number of hydrogen-bond acceptors (Lipinski definition) is 7. The van der Waals surface area contributed by atoms with Gasteiger partial charge in [-0.25, -0.2) is 4.98 Å². The zero-order chi connectivity index (χ0) is 20.1. The van der Waals surface area contributed by atoms with E-state index in [2.05, 4.69) is 14.8 Å². The molecule has 0 radical (unpaired) electrons. The van der Waals surface area contributed by atoms with E-state index in [-0.39, 0.29) is 5.91 Å². The lowest BCUT2D eigenvalue weighted by atomic mass is 10.1. The van der Waals surface area contributed by atoms with Crippen LogP contribution < -0.4 is 14.5 Å².